The number of anilines is 2. The van der Waals surface area contributed by atoms with E-state index in [2.05, 4.69) is 5.43 Å². The molecule has 0 spiro atoms. The highest BCUT2D eigenvalue weighted by Crippen LogP contribution is 2.29. The number of hydrogen-bond donors (Lipinski definition) is 2. The molecule has 0 fully saturated rings. The van der Waals surface area contributed by atoms with Gasteiger partial charge < -0.3 is 5.43 Å². The molecule has 2 aromatic carbocycles. The van der Waals surface area contributed by atoms with Crippen molar-refractivity contribution < 1.29 is 12.8 Å². The average Bonchev–Trinajstić information content (AvgIpc) is 2.49. The van der Waals surface area contributed by atoms with E-state index in [-0.39, 0.29) is 22.8 Å². The summed E-state index contributed by atoms with van der Waals surface area (Å²) in [5.41, 5.74) is 2.61. The summed E-state index contributed by atoms with van der Waals surface area (Å²) in [5, 5.41) is 0. The van der Waals surface area contributed by atoms with Gasteiger partial charge in [-0.15, -0.1) is 0 Å². The minimum absolute atomic E-state index is 0.00222. The van der Waals surface area contributed by atoms with Crippen molar-refractivity contribution in [3.63, 3.8) is 0 Å². The lowest BCUT2D eigenvalue weighted by Gasteiger charge is -2.24. The number of rotatable bonds is 5. The first-order valence-corrected chi connectivity index (χ1v) is 7.79. The summed E-state index contributed by atoms with van der Waals surface area (Å²) in [4.78, 5) is -0.00222. The van der Waals surface area contributed by atoms with Crippen LogP contribution in [-0.2, 0) is 10.0 Å². The maximum Gasteiger partial charge on any atom is 0.266 e. The maximum absolute atomic E-state index is 13.9. The lowest BCUT2D eigenvalue weighted by atomic mass is 10.3. The second-order valence-corrected chi connectivity index (χ2v) is 6.09. The zero-order valence-electron chi connectivity index (χ0n) is 11.5. The zero-order chi connectivity index (χ0) is 15.5. The first-order valence-electron chi connectivity index (χ1n) is 6.35. The van der Waals surface area contributed by atoms with E-state index in [1.54, 1.807) is 31.2 Å². The number of nitrogens with zero attached hydrogens (tertiary/aromatic N) is 1. The molecule has 0 unspecified atom stereocenters. The van der Waals surface area contributed by atoms with Crippen LogP contribution in [0.3, 0.4) is 0 Å². The third-order valence-corrected chi connectivity index (χ3v) is 4.97. The molecule has 2 rings (SSSR count). The molecule has 0 aliphatic heterocycles. The number of para-hydroxylation sites is 2. The molecule has 0 aliphatic carbocycles. The fraction of sp³-hybridized carbons (Fsp3) is 0.143. The minimum Gasteiger partial charge on any atom is -0.323 e. The van der Waals surface area contributed by atoms with E-state index in [1.807, 2.05) is 0 Å². The van der Waals surface area contributed by atoms with Gasteiger partial charge in [-0.3, -0.25) is 10.1 Å². The van der Waals surface area contributed by atoms with Crippen molar-refractivity contribution in [2.75, 3.05) is 16.3 Å². The highest BCUT2D eigenvalue weighted by atomic mass is 32.2. The first-order chi connectivity index (χ1) is 10.0. The Labute approximate surface area is 123 Å². The molecule has 7 heteroatoms. The van der Waals surface area contributed by atoms with Crippen LogP contribution < -0.4 is 15.6 Å². The number of hydrazine groups is 1. The van der Waals surface area contributed by atoms with Crippen LogP contribution in [0.5, 0.6) is 0 Å². The van der Waals surface area contributed by atoms with Gasteiger partial charge in [-0.1, -0.05) is 24.3 Å². The van der Waals surface area contributed by atoms with Gasteiger partial charge >= 0.3 is 0 Å². The van der Waals surface area contributed by atoms with Crippen LogP contribution in [0.2, 0.25) is 0 Å². The monoisotopic (exact) mass is 309 g/mol. The second-order valence-electron chi connectivity index (χ2n) is 4.26. The molecule has 21 heavy (non-hydrogen) atoms. The van der Waals surface area contributed by atoms with E-state index in [1.165, 1.54) is 24.3 Å². The molecule has 5 nitrogen and oxygen atoms in total. The van der Waals surface area contributed by atoms with Crippen molar-refractivity contribution in [2.24, 2.45) is 5.84 Å². The Hall–Kier alpha value is -2.12. The number of benzene rings is 2. The van der Waals surface area contributed by atoms with E-state index in [4.69, 9.17) is 5.84 Å². The SMILES string of the molecule is CCN(c1ccccc1F)S(=O)(=O)c1ccccc1NN. The van der Waals surface area contributed by atoms with Gasteiger partial charge in [0.2, 0.25) is 0 Å². The largest absolute Gasteiger partial charge is 0.323 e. The number of sulfonamides is 1. The number of halogens is 1. The predicted molar refractivity (Wildman–Crippen MR) is 80.9 cm³/mol. The summed E-state index contributed by atoms with van der Waals surface area (Å²) in [6, 6.07) is 12.0. The molecule has 112 valence electrons. The Balaban J connectivity index is 2.58. The van der Waals surface area contributed by atoms with E-state index < -0.39 is 15.8 Å². The third kappa shape index (κ3) is 2.84. The van der Waals surface area contributed by atoms with Crippen molar-refractivity contribution in [1.29, 1.82) is 0 Å². The van der Waals surface area contributed by atoms with Crippen molar-refractivity contribution in [3.05, 3.63) is 54.3 Å². The van der Waals surface area contributed by atoms with Crippen molar-refractivity contribution >= 4 is 21.4 Å². The van der Waals surface area contributed by atoms with E-state index >= 15 is 0 Å². The van der Waals surface area contributed by atoms with Crippen molar-refractivity contribution in [2.45, 2.75) is 11.8 Å². The van der Waals surface area contributed by atoms with Gasteiger partial charge in [0.1, 0.15) is 10.7 Å². The summed E-state index contributed by atoms with van der Waals surface area (Å²) in [7, 11) is -3.92. The smallest absolute Gasteiger partial charge is 0.266 e. The van der Waals surface area contributed by atoms with Crippen LogP contribution in [0.15, 0.2) is 53.4 Å². The molecule has 0 aliphatic rings. The fourth-order valence-electron chi connectivity index (χ4n) is 2.05. The Morgan fingerprint density at radius 2 is 1.76 bits per heavy atom. The van der Waals surface area contributed by atoms with Crippen LogP contribution in [0.25, 0.3) is 0 Å². The molecule has 0 radical (unpaired) electrons. The van der Waals surface area contributed by atoms with E-state index in [9.17, 15) is 12.8 Å². The normalized spacial score (nSPS) is 11.2. The van der Waals surface area contributed by atoms with Gasteiger partial charge in [0.15, 0.2) is 0 Å². The van der Waals surface area contributed by atoms with E-state index in [0.29, 0.717) is 0 Å². The van der Waals surface area contributed by atoms with Crippen LogP contribution in [-0.4, -0.2) is 15.0 Å². The Morgan fingerprint density at radius 1 is 1.14 bits per heavy atom. The maximum atomic E-state index is 13.9. The minimum atomic E-state index is -3.92. The number of nitrogens with one attached hydrogen (secondary N) is 1. The molecule has 0 aromatic heterocycles. The lowest BCUT2D eigenvalue weighted by molar-refractivity contribution is 0.586. The zero-order valence-corrected chi connectivity index (χ0v) is 12.3. The summed E-state index contributed by atoms with van der Waals surface area (Å²) in [6.45, 7) is 1.74. The molecule has 0 saturated carbocycles. The van der Waals surface area contributed by atoms with Crippen LogP contribution in [0.1, 0.15) is 6.92 Å². The van der Waals surface area contributed by atoms with Crippen LogP contribution >= 0.6 is 0 Å². The topological polar surface area (TPSA) is 75.4 Å². The molecular formula is C14H16FN3O2S. The summed E-state index contributed by atoms with van der Waals surface area (Å²) in [5.74, 6) is 4.75. The quantitative estimate of drug-likeness (QED) is 0.656. The third-order valence-electron chi connectivity index (χ3n) is 3.02. The molecular weight excluding hydrogens is 293 g/mol. The van der Waals surface area contributed by atoms with Gasteiger partial charge in [-0.25, -0.2) is 12.8 Å². The Kier molecular flexibility index (Phi) is 4.44. The van der Waals surface area contributed by atoms with Crippen molar-refractivity contribution in [3.8, 4) is 0 Å². The van der Waals surface area contributed by atoms with Crippen LogP contribution in [0, 0.1) is 5.82 Å². The number of hydrogen-bond acceptors (Lipinski definition) is 4. The Bertz CT molecular complexity index is 735. The van der Waals surface area contributed by atoms with Gasteiger partial charge in [0.05, 0.1) is 11.4 Å². The lowest BCUT2D eigenvalue weighted by Crippen LogP contribution is -2.32. The summed E-state index contributed by atoms with van der Waals surface area (Å²) >= 11 is 0. The first kappa shape index (κ1) is 15.3. The van der Waals surface area contributed by atoms with Crippen molar-refractivity contribution in [1.82, 2.24) is 0 Å². The molecule has 0 heterocycles. The second kappa shape index (κ2) is 6.11. The average molecular weight is 309 g/mol. The molecule has 0 bridgehead atoms. The van der Waals surface area contributed by atoms with Gasteiger partial charge in [-0.2, -0.15) is 0 Å². The van der Waals surface area contributed by atoms with Crippen LogP contribution in [0.4, 0.5) is 15.8 Å². The van der Waals surface area contributed by atoms with Gasteiger partial charge in [-0.05, 0) is 31.2 Å². The van der Waals surface area contributed by atoms with E-state index in [0.717, 1.165) is 4.31 Å². The number of nitrogen functional groups attached to an aromatic ring is 1. The van der Waals surface area contributed by atoms with Gasteiger partial charge in [0.25, 0.3) is 10.0 Å². The van der Waals surface area contributed by atoms with Gasteiger partial charge in [0, 0.05) is 6.54 Å². The fourth-order valence-corrected chi connectivity index (χ4v) is 3.69. The molecule has 0 saturated heterocycles. The molecule has 2 aromatic rings. The standard InChI is InChI=1S/C14H16FN3O2S/c1-2-18(13-9-5-3-7-11(13)15)21(19,20)14-10-6-4-8-12(14)17-16/h3-10,17H,2,16H2,1H3. The molecule has 0 atom stereocenters. The molecule has 3 N–H and O–H groups in total. The predicted octanol–water partition coefficient (Wildman–Crippen LogP) is 2.33. The summed E-state index contributed by atoms with van der Waals surface area (Å²) in [6.07, 6.45) is 0. The molecule has 0 amide bonds. The Morgan fingerprint density at radius 3 is 2.38 bits per heavy atom. The highest BCUT2D eigenvalue weighted by Gasteiger charge is 2.27. The summed E-state index contributed by atoms with van der Waals surface area (Å²) < 4.78 is 40.4. The number of nitrogens with two attached hydrogens (primary N) is 1. The highest BCUT2D eigenvalue weighted by molar-refractivity contribution is 7.93.